The highest BCUT2D eigenvalue weighted by molar-refractivity contribution is 5.75. The molecular formula is C15H29F2NO2. The van der Waals surface area contributed by atoms with Crippen molar-refractivity contribution in [2.75, 3.05) is 13.2 Å². The number of unbranched alkanes of at least 4 members (excludes halogenated alkanes) is 8. The second-order valence-corrected chi connectivity index (χ2v) is 5.37. The van der Waals surface area contributed by atoms with Gasteiger partial charge in [-0.25, -0.2) is 8.78 Å². The van der Waals surface area contributed by atoms with E-state index in [2.05, 4.69) is 12.2 Å². The zero-order valence-corrected chi connectivity index (χ0v) is 12.6. The molecule has 0 spiro atoms. The minimum absolute atomic E-state index is 0.289. The van der Waals surface area contributed by atoms with Crippen LogP contribution in [-0.4, -0.2) is 30.1 Å². The van der Waals surface area contributed by atoms with Gasteiger partial charge in [0.25, 0.3) is 5.92 Å². The zero-order valence-electron chi connectivity index (χ0n) is 12.6. The van der Waals surface area contributed by atoms with E-state index in [4.69, 9.17) is 5.11 Å². The summed E-state index contributed by atoms with van der Waals surface area (Å²) in [7, 11) is 0. The number of aliphatic hydroxyl groups is 1. The van der Waals surface area contributed by atoms with Gasteiger partial charge in [0, 0.05) is 6.42 Å². The predicted molar refractivity (Wildman–Crippen MR) is 76.9 cm³/mol. The van der Waals surface area contributed by atoms with Gasteiger partial charge in [0.1, 0.15) is 6.61 Å². The van der Waals surface area contributed by atoms with Crippen LogP contribution in [0.1, 0.15) is 71.1 Å². The van der Waals surface area contributed by atoms with Crippen molar-refractivity contribution in [3.05, 3.63) is 0 Å². The molecular weight excluding hydrogens is 264 g/mol. The molecule has 3 nitrogen and oxygen atoms in total. The van der Waals surface area contributed by atoms with Crippen molar-refractivity contribution in [3.63, 3.8) is 0 Å². The van der Waals surface area contributed by atoms with Gasteiger partial charge in [-0.2, -0.15) is 0 Å². The maximum absolute atomic E-state index is 12.7. The molecule has 0 aliphatic rings. The second kappa shape index (κ2) is 12.1. The molecule has 0 heterocycles. The van der Waals surface area contributed by atoms with Crippen LogP contribution in [0, 0.1) is 0 Å². The summed E-state index contributed by atoms with van der Waals surface area (Å²) in [6.07, 6.45) is 10.7. The number of carbonyl (C=O) groups is 1. The van der Waals surface area contributed by atoms with Gasteiger partial charge in [0.05, 0.1) is 6.54 Å². The van der Waals surface area contributed by atoms with Crippen molar-refractivity contribution < 1.29 is 18.7 Å². The quantitative estimate of drug-likeness (QED) is 0.509. The van der Waals surface area contributed by atoms with Crippen LogP contribution in [0.4, 0.5) is 8.78 Å². The molecule has 0 atom stereocenters. The molecule has 120 valence electrons. The van der Waals surface area contributed by atoms with E-state index in [9.17, 15) is 13.6 Å². The third kappa shape index (κ3) is 12.3. The molecule has 0 aromatic rings. The average molecular weight is 293 g/mol. The highest BCUT2D eigenvalue weighted by Gasteiger charge is 2.27. The van der Waals surface area contributed by atoms with Crippen molar-refractivity contribution >= 4 is 5.91 Å². The Morgan fingerprint density at radius 3 is 2.00 bits per heavy atom. The first-order valence-electron chi connectivity index (χ1n) is 7.77. The lowest BCUT2D eigenvalue weighted by Crippen LogP contribution is -2.38. The fourth-order valence-corrected chi connectivity index (χ4v) is 1.97. The number of nitrogens with one attached hydrogen (secondary N) is 1. The number of carbonyl (C=O) groups excluding carboxylic acids is 1. The van der Waals surface area contributed by atoms with Gasteiger partial charge in [-0.15, -0.1) is 0 Å². The lowest BCUT2D eigenvalue weighted by Gasteiger charge is -2.13. The van der Waals surface area contributed by atoms with Gasteiger partial charge in [-0.1, -0.05) is 58.3 Å². The molecule has 0 rings (SSSR count). The Morgan fingerprint density at radius 2 is 1.50 bits per heavy atom. The molecule has 0 unspecified atom stereocenters. The van der Waals surface area contributed by atoms with Crippen LogP contribution < -0.4 is 5.32 Å². The van der Waals surface area contributed by atoms with E-state index in [0.29, 0.717) is 0 Å². The molecule has 0 aromatic heterocycles. The standard InChI is InChI=1S/C15H29F2NO2/c1-2-3-4-5-6-7-8-9-10-11-14(20)18-12-15(16,17)13-19/h19H,2-13H2,1H3,(H,18,20). The molecule has 0 aliphatic carbocycles. The molecule has 0 fully saturated rings. The summed E-state index contributed by atoms with van der Waals surface area (Å²) >= 11 is 0. The highest BCUT2D eigenvalue weighted by atomic mass is 19.3. The number of hydrogen-bond donors (Lipinski definition) is 2. The van der Waals surface area contributed by atoms with Gasteiger partial charge in [-0.3, -0.25) is 4.79 Å². The fraction of sp³-hybridized carbons (Fsp3) is 0.933. The third-order valence-corrected chi connectivity index (χ3v) is 3.28. The lowest BCUT2D eigenvalue weighted by atomic mass is 10.1. The van der Waals surface area contributed by atoms with Gasteiger partial charge in [0.15, 0.2) is 0 Å². The van der Waals surface area contributed by atoms with Crippen molar-refractivity contribution in [2.24, 2.45) is 0 Å². The van der Waals surface area contributed by atoms with E-state index >= 15 is 0 Å². The normalized spacial score (nSPS) is 11.6. The van der Waals surface area contributed by atoms with Gasteiger partial charge in [-0.05, 0) is 6.42 Å². The van der Waals surface area contributed by atoms with Crippen LogP contribution in [0.15, 0.2) is 0 Å². The van der Waals surface area contributed by atoms with Crippen LogP contribution in [0.2, 0.25) is 0 Å². The summed E-state index contributed by atoms with van der Waals surface area (Å²) in [6.45, 7) is 0.187. The van der Waals surface area contributed by atoms with Gasteiger partial charge < -0.3 is 10.4 Å². The Morgan fingerprint density at radius 1 is 1.00 bits per heavy atom. The third-order valence-electron chi connectivity index (χ3n) is 3.28. The molecule has 1 amide bonds. The Labute approximate surface area is 121 Å². The molecule has 0 bridgehead atoms. The largest absolute Gasteiger partial charge is 0.390 e. The van der Waals surface area contributed by atoms with E-state index in [-0.39, 0.29) is 12.3 Å². The SMILES string of the molecule is CCCCCCCCCCCC(=O)NCC(F)(F)CO. The lowest BCUT2D eigenvalue weighted by molar-refractivity contribution is -0.124. The van der Waals surface area contributed by atoms with E-state index in [1.54, 1.807) is 0 Å². The molecule has 0 aromatic carbocycles. The van der Waals surface area contributed by atoms with Crippen LogP contribution in [0.5, 0.6) is 0 Å². The smallest absolute Gasteiger partial charge is 0.287 e. The Balaban J connectivity index is 3.32. The summed E-state index contributed by atoms with van der Waals surface area (Å²) in [5.74, 6) is -3.57. The topological polar surface area (TPSA) is 49.3 Å². The Hall–Kier alpha value is -0.710. The van der Waals surface area contributed by atoms with Crippen LogP contribution in [0.25, 0.3) is 0 Å². The van der Waals surface area contributed by atoms with E-state index in [1.807, 2.05) is 0 Å². The van der Waals surface area contributed by atoms with Crippen molar-refractivity contribution in [1.29, 1.82) is 0 Å². The minimum Gasteiger partial charge on any atom is -0.390 e. The predicted octanol–water partition coefficient (Wildman–Crippen LogP) is 3.65. The van der Waals surface area contributed by atoms with Crippen molar-refractivity contribution in [1.82, 2.24) is 5.32 Å². The number of halogens is 2. The molecule has 0 saturated carbocycles. The number of rotatable bonds is 13. The van der Waals surface area contributed by atoms with Gasteiger partial charge >= 0.3 is 0 Å². The summed E-state index contributed by atoms with van der Waals surface area (Å²) in [5, 5.41) is 10.5. The van der Waals surface area contributed by atoms with Crippen LogP contribution >= 0.6 is 0 Å². The summed E-state index contributed by atoms with van der Waals surface area (Å²) in [5.41, 5.74) is 0. The Kier molecular flexibility index (Phi) is 11.6. The van der Waals surface area contributed by atoms with E-state index < -0.39 is 19.1 Å². The second-order valence-electron chi connectivity index (χ2n) is 5.37. The molecule has 0 radical (unpaired) electrons. The van der Waals surface area contributed by atoms with E-state index in [1.165, 1.54) is 38.5 Å². The van der Waals surface area contributed by atoms with Crippen LogP contribution in [-0.2, 0) is 4.79 Å². The summed E-state index contributed by atoms with van der Waals surface area (Å²) < 4.78 is 25.3. The van der Waals surface area contributed by atoms with Crippen LogP contribution in [0.3, 0.4) is 0 Å². The number of hydrogen-bond acceptors (Lipinski definition) is 2. The maximum Gasteiger partial charge on any atom is 0.287 e. The summed E-state index contributed by atoms with van der Waals surface area (Å²) in [4.78, 5) is 11.3. The zero-order chi connectivity index (χ0) is 15.3. The fourth-order valence-electron chi connectivity index (χ4n) is 1.97. The molecule has 0 aliphatic heterocycles. The minimum atomic E-state index is -3.21. The maximum atomic E-state index is 12.7. The number of amides is 1. The Bertz CT molecular complexity index is 248. The first-order valence-corrected chi connectivity index (χ1v) is 7.77. The van der Waals surface area contributed by atoms with E-state index in [0.717, 1.165) is 19.3 Å². The molecule has 20 heavy (non-hydrogen) atoms. The first-order chi connectivity index (χ1) is 9.52. The number of aliphatic hydroxyl groups excluding tert-OH is 1. The molecule has 5 heteroatoms. The average Bonchev–Trinajstić information content (AvgIpc) is 2.43. The monoisotopic (exact) mass is 293 g/mol. The molecule has 2 N–H and O–H groups in total. The summed E-state index contributed by atoms with van der Waals surface area (Å²) in [6, 6.07) is 0. The van der Waals surface area contributed by atoms with Gasteiger partial charge in [0.2, 0.25) is 5.91 Å². The molecule has 0 saturated heterocycles. The van der Waals surface area contributed by atoms with Crippen molar-refractivity contribution in [2.45, 2.75) is 77.1 Å². The highest BCUT2D eigenvalue weighted by Crippen LogP contribution is 2.11. The van der Waals surface area contributed by atoms with Crippen molar-refractivity contribution in [3.8, 4) is 0 Å². The number of alkyl halides is 2. The first kappa shape index (κ1) is 19.3.